The number of hydrogen-bond acceptors (Lipinski definition) is 4. The highest BCUT2D eigenvalue weighted by atomic mass is 79.9. The number of carbonyl (C=O) groups excluding carboxylic acids is 1. The number of aromatic nitrogens is 2. The molecule has 1 aliphatic rings. The van der Waals surface area contributed by atoms with Gasteiger partial charge in [-0.2, -0.15) is 5.10 Å². The zero-order valence-electron chi connectivity index (χ0n) is 13.9. The topological polar surface area (TPSA) is 80.8 Å². The number of fused-ring (bicyclic) bond motifs is 2. The third kappa shape index (κ3) is 2.66. The minimum atomic E-state index is -0.476. The fourth-order valence-corrected chi connectivity index (χ4v) is 3.90. The van der Waals surface area contributed by atoms with Crippen LogP contribution in [0.15, 0.2) is 47.1 Å². The van der Waals surface area contributed by atoms with Crippen LogP contribution in [-0.2, 0) is 6.42 Å². The number of rotatable bonds is 2. The van der Waals surface area contributed by atoms with Crippen molar-refractivity contribution >= 4 is 33.0 Å². The molecule has 4 rings (SSSR count). The molecule has 3 aromatic rings. The molecule has 0 fully saturated rings. The van der Waals surface area contributed by atoms with Crippen molar-refractivity contribution in [2.75, 3.05) is 6.54 Å². The Hall–Kier alpha value is -2.74. The number of halogens is 1. The van der Waals surface area contributed by atoms with Crippen LogP contribution in [0, 0.1) is 10.1 Å². The Morgan fingerprint density at radius 2 is 2.12 bits per heavy atom. The van der Waals surface area contributed by atoms with Crippen molar-refractivity contribution in [2.45, 2.75) is 19.4 Å². The maximum Gasteiger partial charge on any atom is 0.296 e. The normalized spacial score (nSPS) is 16.5. The molecule has 0 spiro atoms. The number of pyridine rings is 1. The van der Waals surface area contributed by atoms with Gasteiger partial charge in [0.2, 0.25) is 0 Å². The second-order valence-electron chi connectivity index (χ2n) is 6.28. The monoisotopic (exact) mass is 414 g/mol. The van der Waals surface area contributed by atoms with Gasteiger partial charge in [-0.05, 0) is 40.4 Å². The molecule has 0 N–H and O–H groups in total. The second-order valence-corrected chi connectivity index (χ2v) is 7.20. The van der Waals surface area contributed by atoms with Crippen LogP contribution in [0.4, 0.5) is 5.69 Å². The third-order valence-corrected chi connectivity index (χ3v) is 5.22. The first kappa shape index (κ1) is 16.7. The van der Waals surface area contributed by atoms with Crippen molar-refractivity contribution in [1.29, 1.82) is 0 Å². The first-order chi connectivity index (χ1) is 12.5. The van der Waals surface area contributed by atoms with Crippen LogP contribution in [0.5, 0.6) is 0 Å². The summed E-state index contributed by atoms with van der Waals surface area (Å²) in [6.07, 6.45) is 2.39. The van der Waals surface area contributed by atoms with E-state index in [1.807, 2.05) is 25.1 Å². The van der Waals surface area contributed by atoms with Gasteiger partial charge in [0, 0.05) is 29.3 Å². The van der Waals surface area contributed by atoms with Crippen molar-refractivity contribution in [1.82, 2.24) is 14.5 Å². The van der Waals surface area contributed by atoms with Gasteiger partial charge in [-0.25, -0.2) is 4.52 Å². The molecule has 0 unspecified atom stereocenters. The smallest absolute Gasteiger partial charge is 0.296 e. The van der Waals surface area contributed by atoms with Gasteiger partial charge >= 0.3 is 0 Å². The molecule has 2 aromatic heterocycles. The predicted octanol–water partition coefficient (Wildman–Crippen LogP) is 3.76. The molecule has 0 bridgehead atoms. The van der Waals surface area contributed by atoms with Crippen LogP contribution < -0.4 is 0 Å². The Labute approximate surface area is 157 Å². The fraction of sp³-hybridized carbons (Fsp3) is 0.222. The first-order valence-corrected chi connectivity index (χ1v) is 8.97. The van der Waals surface area contributed by atoms with Crippen molar-refractivity contribution in [3.05, 3.63) is 74.0 Å². The van der Waals surface area contributed by atoms with Crippen molar-refractivity contribution in [3.63, 3.8) is 0 Å². The highest BCUT2D eigenvalue weighted by molar-refractivity contribution is 9.10. The lowest BCUT2D eigenvalue weighted by Gasteiger charge is -2.34. The lowest BCUT2D eigenvalue weighted by atomic mass is 9.93. The van der Waals surface area contributed by atoms with E-state index >= 15 is 0 Å². The van der Waals surface area contributed by atoms with Gasteiger partial charge in [0.05, 0.1) is 11.0 Å². The summed E-state index contributed by atoms with van der Waals surface area (Å²) in [5, 5.41) is 15.6. The molecule has 7 nitrogen and oxygen atoms in total. The van der Waals surface area contributed by atoms with E-state index in [-0.39, 0.29) is 23.3 Å². The van der Waals surface area contributed by atoms with Crippen molar-refractivity contribution in [2.24, 2.45) is 0 Å². The summed E-state index contributed by atoms with van der Waals surface area (Å²) in [6, 6.07) is 10.9. The molecular formula is C18H15BrN4O3. The average molecular weight is 415 g/mol. The zero-order chi connectivity index (χ0) is 18.4. The van der Waals surface area contributed by atoms with E-state index in [9.17, 15) is 14.9 Å². The molecule has 0 aliphatic carbocycles. The number of hydrogen-bond donors (Lipinski definition) is 0. The van der Waals surface area contributed by atoms with E-state index in [2.05, 4.69) is 27.1 Å². The van der Waals surface area contributed by atoms with Crippen LogP contribution >= 0.6 is 15.9 Å². The Bertz CT molecular complexity index is 1050. The lowest BCUT2D eigenvalue weighted by molar-refractivity contribution is -0.383. The Morgan fingerprint density at radius 1 is 1.35 bits per heavy atom. The number of benzene rings is 1. The molecule has 132 valence electrons. The molecule has 1 amide bonds. The van der Waals surface area contributed by atoms with Gasteiger partial charge in [0.25, 0.3) is 11.6 Å². The Morgan fingerprint density at radius 3 is 2.88 bits per heavy atom. The van der Waals surface area contributed by atoms with E-state index in [4.69, 9.17) is 0 Å². The summed E-state index contributed by atoms with van der Waals surface area (Å²) >= 11 is 3.24. The standard InChI is InChI=1S/C18H15BrN4O3/c1-11-14-5-3-2-4-12(14)6-7-21(11)18(24)15-9-16-17(23(25)26)8-13(19)10-22(16)20-15/h2-5,8-11H,6-7H2,1H3/t11-/m1/s1. The first-order valence-electron chi connectivity index (χ1n) is 8.18. The highest BCUT2D eigenvalue weighted by Gasteiger charge is 2.30. The molecule has 0 radical (unpaired) electrons. The zero-order valence-corrected chi connectivity index (χ0v) is 15.5. The van der Waals surface area contributed by atoms with Crippen LogP contribution in [-0.4, -0.2) is 31.9 Å². The van der Waals surface area contributed by atoms with Gasteiger partial charge in [0.15, 0.2) is 5.69 Å². The second kappa shape index (κ2) is 6.21. The molecule has 0 saturated heterocycles. The fourth-order valence-electron chi connectivity index (χ4n) is 3.49. The number of nitrogens with zero attached hydrogens (tertiary/aromatic N) is 4. The molecule has 3 heterocycles. The van der Waals surface area contributed by atoms with E-state index < -0.39 is 4.92 Å². The predicted molar refractivity (Wildman–Crippen MR) is 99.1 cm³/mol. The van der Waals surface area contributed by atoms with Crippen molar-refractivity contribution in [3.8, 4) is 0 Å². The average Bonchev–Trinajstić information content (AvgIpc) is 3.04. The summed E-state index contributed by atoms with van der Waals surface area (Å²) in [4.78, 5) is 25.6. The summed E-state index contributed by atoms with van der Waals surface area (Å²) in [5.41, 5.74) is 2.79. The summed E-state index contributed by atoms with van der Waals surface area (Å²) < 4.78 is 1.90. The van der Waals surface area contributed by atoms with Gasteiger partial charge in [-0.15, -0.1) is 0 Å². The molecule has 1 atom stereocenters. The summed E-state index contributed by atoms with van der Waals surface area (Å²) in [6.45, 7) is 2.58. The lowest BCUT2D eigenvalue weighted by Crippen LogP contribution is -2.39. The molecule has 0 saturated carbocycles. The SMILES string of the molecule is C[C@@H]1c2ccccc2CCN1C(=O)c1cc2c([N+](=O)[O-])cc(Br)cn2n1. The van der Waals surface area contributed by atoms with Crippen LogP contribution in [0.3, 0.4) is 0 Å². The quantitative estimate of drug-likeness (QED) is 0.472. The molecule has 26 heavy (non-hydrogen) atoms. The maximum atomic E-state index is 13.0. The maximum absolute atomic E-state index is 13.0. The van der Waals surface area contributed by atoms with Crippen LogP contribution in [0.1, 0.15) is 34.6 Å². The molecule has 8 heteroatoms. The number of amides is 1. The minimum absolute atomic E-state index is 0.0704. The molecule has 1 aromatic carbocycles. The van der Waals surface area contributed by atoms with E-state index in [1.165, 1.54) is 22.2 Å². The minimum Gasteiger partial charge on any atom is -0.330 e. The van der Waals surface area contributed by atoms with Gasteiger partial charge < -0.3 is 4.90 Å². The van der Waals surface area contributed by atoms with E-state index in [0.717, 1.165) is 12.0 Å². The number of carbonyl (C=O) groups is 1. The summed E-state index contributed by atoms with van der Waals surface area (Å²) in [7, 11) is 0. The van der Waals surface area contributed by atoms with Crippen molar-refractivity contribution < 1.29 is 9.72 Å². The van der Waals surface area contributed by atoms with Crippen LogP contribution in [0.25, 0.3) is 5.52 Å². The molecule has 1 aliphatic heterocycles. The summed E-state index contributed by atoms with van der Waals surface area (Å²) in [5.74, 6) is -0.221. The van der Waals surface area contributed by atoms with Crippen LogP contribution in [0.2, 0.25) is 0 Å². The largest absolute Gasteiger partial charge is 0.330 e. The van der Waals surface area contributed by atoms with E-state index in [1.54, 1.807) is 11.1 Å². The number of nitro groups is 1. The Balaban J connectivity index is 1.73. The molecular weight excluding hydrogens is 400 g/mol. The van der Waals surface area contributed by atoms with E-state index in [0.29, 0.717) is 16.5 Å². The Kier molecular flexibility index (Phi) is 3.99. The van der Waals surface area contributed by atoms with Gasteiger partial charge in [0.1, 0.15) is 5.52 Å². The van der Waals surface area contributed by atoms with Gasteiger partial charge in [-0.3, -0.25) is 14.9 Å². The highest BCUT2D eigenvalue weighted by Crippen LogP contribution is 2.31. The third-order valence-electron chi connectivity index (χ3n) is 4.79. The van der Waals surface area contributed by atoms with Gasteiger partial charge in [-0.1, -0.05) is 24.3 Å².